The average Bonchev–Trinajstić information content (AvgIpc) is 3.84. The van der Waals surface area contributed by atoms with E-state index in [0.717, 1.165) is 18.0 Å². The minimum atomic E-state index is -1.41. The Bertz CT molecular complexity index is 2020. The number of thioether (sulfide) groups is 1. The summed E-state index contributed by atoms with van der Waals surface area (Å²) in [6.45, 7) is 12.6. The Morgan fingerprint density at radius 3 is 2.45 bits per heavy atom. The standard InChI is InChI=1S/C43H60ClN7O8S/c1-9-25-19-43(25,39(54)55)49-37(52)31-17-27(20-51(31)38(53)36(42(4,5)6)48-41(56)59-26-15-23-14-24(23)16-26)58-33-18-29(30-21-60-40(47-30)45-22(2)3)46-35-28(33)10-11-32(34(35)44)57-13-12-50(7)8/h10-11,18,22-27,30-31,36H,9,12-17,19-21H2,1-8H3,(H,45,47)(H,48,56)(H,49,52)(H,54,55)/t23-,24+,25-,26?,27-,30?,31+,36-,43?/m1/s1. The van der Waals surface area contributed by atoms with Gasteiger partial charge in [-0.15, -0.1) is 0 Å². The quantitative estimate of drug-likeness (QED) is 0.173. The van der Waals surface area contributed by atoms with Crippen LogP contribution in [0.3, 0.4) is 0 Å². The molecule has 0 radical (unpaired) electrons. The molecule has 0 spiro atoms. The van der Waals surface area contributed by atoms with Gasteiger partial charge in [0.15, 0.2) is 5.17 Å². The summed E-state index contributed by atoms with van der Waals surface area (Å²) in [5, 5.41) is 21.0. The lowest BCUT2D eigenvalue weighted by Gasteiger charge is -2.35. The number of alkyl carbamates (subject to hydrolysis) is 1. The van der Waals surface area contributed by atoms with Crippen molar-refractivity contribution >= 4 is 63.3 Å². The van der Waals surface area contributed by atoms with Crippen LogP contribution in [0.1, 0.15) is 91.8 Å². The third-order valence-corrected chi connectivity index (χ3v) is 13.7. The molecule has 1 saturated heterocycles. The predicted octanol–water partition coefficient (Wildman–Crippen LogP) is 5.63. The number of carbonyl (C=O) groups excluding carboxylic acids is 3. The highest BCUT2D eigenvalue weighted by molar-refractivity contribution is 8.14. The summed E-state index contributed by atoms with van der Waals surface area (Å²) >= 11 is 8.65. The van der Waals surface area contributed by atoms with Crippen LogP contribution in [-0.2, 0) is 19.1 Å². The van der Waals surface area contributed by atoms with Crippen LogP contribution in [0, 0.1) is 23.2 Å². The summed E-state index contributed by atoms with van der Waals surface area (Å²) in [7, 11) is 3.92. The molecule has 0 bridgehead atoms. The van der Waals surface area contributed by atoms with Crippen LogP contribution >= 0.6 is 23.4 Å². The number of hydrogen-bond acceptors (Lipinski definition) is 12. The van der Waals surface area contributed by atoms with E-state index in [4.69, 9.17) is 35.8 Å². The van der Waals surface area contributed by atoms with Crippen molar-refractivity contribution in [3.05, 3.63) is 28.9 Å². The number of fused-ring (bicyclic) bond motifs is 2. The number of amidine groups is 1. The summed E-state index contributed by atoms with van der Waals surface area (Å²) < 4.78 is 18.7. The normalized spacial score (nSPS) is 28.6. The molecule has 1 aromatic heterocycles. The van der Waals surface area contributed by atoms with Crippen molar-refractivity contribution in [3.63, 3.8) is 0 Å². The summed E-state index contributed by atoms with van der Waals surface area (Å²) in [6, 6.07) is 3.21. The van der Waals surface area contributed by atoms with Crippen molar-refractivity contribution in [1.82, 2.24) is 30.7 Å². The van der Waals surface area contributed by atoms with Crippen LogP contribution in [0.15, 0.2) is 23.2 Å². The molecule has 3 unspecified atom stereocenters. The van der Waals surface area contributed by atoms with Gasteiger partial charge in [0.1, 0.15) is 59.0 Å². The van der Waals surface area contributed by atoms with Gasteiger partial charge >= 0.3 is 12.1 Å². The van der Waals surface area contributed by atoms with Gasteiger partial charge < -0.3 is 45.1 Å². The van der Waals surface area contributed by atoms with Gasteiger partial charge in [0.25, 0.3) is 0 Å². The fourth-order valence-corrected chi connectivity index (χ4v) is 10.2. The molecule has 3 saturated carbocycles. The summed E-state index contributed by atoms with van der Waals surface area (Å²) in [5.74, 6) is 0.368. The molecule has 60 heavy (non-hydrogen) atoms. The van der Waals surface area contributed by atoms with Crippen molar-refractivity contribution in [2.24, 2.45) is 28.2 Å². The molecule has 3 aliphatic carbocycles. The number of nitrogens with one attached hydrogen (secondary N) is 3. The maximum Gasteiger partial charge on any atom is 0.408 e. The highest BCUT2D eigenvalue weighted by Gasteiger charge is 2.61. The molecular weight excluding hydrogens is 810 g/mol. The Kier molecular flexibility index (Phi) is 12.8. The van der Waals surface area contributed by atoms with Crippen molar-refractivity contribution in [1.29, 1.82) is 0 Å². The number of nitrogens with zero attached hydrogens (tertiary/aromatic N) is 4. The Morgan fingerprint density at radius 1 is 1.08 bits per heavy atom. The molecular formula is C43H60ClN7O8S. The first-order valence-corrected chi connectivity index (χ1v) is 22.6. The smallest absolute Gasteiger partial charge is 0.408 e. The minimum absolute atomic E-state index is 0.0119. The largest absolute Gasteiger partial charge is 0.491 e. The molecule has 3 heterocycles. The van der Waals surface area contributed by atoms with Crippen LogP contribution in [-0.4, -0.2) is 124 Å². The molecule has 15 nitrogen and oxygen atoms in total. The number of likely N-dealkylation sites (tertiary alicyclic amines) is 1. The predicted molar refractivity (Wildman–Crippen MR) is 231 cm³/mol. The van der Waals surface area contributed by atoms with E-state index in [0.29, 0.717) is 76.7 Å². The zero-order valence-corrected chi connectivity index (χ0v) is 37.5. The summed E-state index contributed by atoms with van der Waals surface area (Å²) in [4.78, 5) is 68.2. The molecule has 2 aromatic rings. The summed E-state index contributed by atoms with van der Waals surface area (Å²) in [6.07, 6.45) is 2.20. The molecule has 1 aromatic carbocycles. The van der Waals surface area contributed by atoms with Gasteiger partial charge in [-0.2, -0.15) is 0 Å². The second-order valence-electron chi connectivity index (χ2n) is 18.8. The summed E-state index contributed by atoms with van der Waals surface area (Å²) in [5.41, 5.74) is -1.08. The van der Waals surface area contributed by atoms with Crippen molar-refractivity contribution in [2.45, 2.75) is 122 Å². The Labute approximate surface area is 361 Å². The number of hydrogen-bond donors (Lipinski definition) is 4. The first-order chi connectivity index (χ1) is 28.4. The maximum absolute atomic E-state index is 14.8. The van der Waals surface area contributed by atoms with Gasteiger partial charge in [-0.25, -0.2) is 14.6 Å². The number of likely N-dealkylation sites (N-methyl/N-ethyl adjacent to an activating group) is 1. The Morgan fingerprint density at radius 2 is 1.82 bits per heavy atom. The first kappa shape index (κ1) is 44.0. The highest BCUT2D eigenvalue weighted by atomic mass is 35.5. The van der Waals surface area contributed by atoms with E-state index in [1.54, 1.807) is 17.8 Å². The van der Waals surface area contributed by atoms with Gasteiger partial charge in [0.05, 0.1) is 17.8 Å². The number of aliphatic carboxylic acids is 1. The molecule has 4 N–H and O–H groups in total. The van der Waals surface area contributed by atoms with E-state index in [1.807, 2.05) is 58.8 Å². The van der Waals surface area contributed by atoms with E-state index in [2.05, 4.69) is 29.8 Å². The second-order valence-corrected chi connectivity index (χ2v) is 20.2. The van der Waals surface area contributed by atoms with E-state index >= 15 is 0 Å². The van der Waals surface area contributed by atoms with Crippen LogP contribution in [0.25, 0.3) is 10.9 Å². The van der Waals surface area contributed by atoms with Gasteiger partial charge in [-0.1, -0.05) is 57.5 Å². The molecule has 7 rings (SSSR count). The second kappa shape index (κ2) is 17.4. The van der Waals surface area contributed by atoms with Crippen LogP contribution in [0.2, 0.25) is 5.02 Å². The van der Waals surface area contributed by atoms with Gasteiger partial charge in [-0.3, -0.25) is 14.6 Å². The highest BCUT2D eigenvalue weighted by Crippen LogP contribution is 2.52. The fraction of sp³-hybridized carbons (Fsp3) is 0.674. The molecule has 9 atom stereocenters. The van der Waals surface area contributed by atoms with Crippen molar-refractivity contribution in [3.8, 4) is 11.5 Å². The number of benzene rings is 1. The van der Waals surface area contributed by atoms with Crippen molar-refractivity contribution in [2.75, 3.05) is 39.5 Å². The van der Waals surface area contributed by atoms with E-state index in [1.165, 1.54) is 11.3 Å². The minimum Gasteiger partial charge on any atom is -0.491 e. The lowest BCUT2D eigenvalue weighted by Crippen LogP contribution is -2.59. The average molecular weight is 871 g/mol. The number of aliphatic imine (C=N–C) groups is 1. The third-order valence-electron chi connectivity index (χ3n) is 12.4. The number of carboxylic acids is 1. The maximum atomic E-state index is 14.8. The SMILES string of the molecule is CC[C@@H]1CC1(NC(=O)[C@@H]1C[C@@H](Oc2cc(C3CSC(NC(C)C)=N3)nc3c(Cl)c(OCCN(C)C)ccc23)CN1C(=O)[C@@H](NC(=O)OC1C[C@@H]2C[C@@H]2C1)C(C)(C)C)C(=O)O. The number of carboxylic acid groups (broad SMARTS) is 1. The third kappa shape index (κ3) is 9.55. The molecule has 3 amide bonds. The number of aromatic nitrogens is 1. The van der Waals surface area contributed by atoms with E-state index in [9.17, 15) is 24.3 Å². The van der Waals surface area contributed by atoms with Crippen LogP contribution in [0.5, 0.6) is 11.5 Å². The monoisotopic (exact) mass is 869 g/mol. The lowest BCUT2D eigenvalue weighted by molar-refractivity contribution is -0.146. The zero-order valence-electron chi connectivity index (χ0n) is 35.9. The molecule has 4 fully saturated rings. The van der Waals surface area contributed by atoms with Crippen LogP contribution in [0.4, 0.5) is 4.79 Å². The number of amides is 3. The van der Waals surface area contributed by atoms with Gasteiger partial charge in [-0.05, 0) is 88.9 Å². The number of ether oxygens (including phenoxy) is 3. The Hall–Kier alpha value is -4.02. The van der Waals surface area contributed by atoms with E-state index < -0.39 is 53.0 Å². The van der Waals surface area contributed by atoms with E-state index in [-0.39, 0.29) is 37.1 Å². The molecule has 17 heteroatoms. The lowest BCUT2D eigenvalue weighted by atomic mass is 9.85. The number of carbonyl (C=O) groups is 4. The first-order valence-electron chi connectivity index (χ1n) is 21.2. The number of pyridine rings is 1. The van der Waals surface area contributed by atoms with Gasteiger partial charge in [0.2, 0.25) is 11.8 Å². The Balaban J connectivity index is 1.20. The zero-order chi connectivity index (χ0) is 43.3. The van der Waals surface area contributed by atoms with Crippen LogP contribution < -0.4 is 25.4 Å². The molecule has 5 aliphatic rings. The molecule has 2 aliphatic heterocycles. The van der Waals surface area contributed by atoms with Crippen molar-refractivity contribution < 1.29 is 38.5 Å². The molecule has 328 valence electrons. The number of halogens is 1. The number of rotatable bonds is 15. The van der Waals surface area contributed by atoms with Gasteiger partial charge in [0, 0.05) is 36.2 Å². The fourth-order valence-electron chi connectivity index (χ4n) is 8.82. The topological polar surface area (TPSA) is 184 Å².